The largest absolute Gasteiger partial charge is 0.490 e. The number of halogens is 1. The highest BCUT2D eigenvalue weighted by atomic mass is 35.5. The Balaban J connectivity index is 1.72. The summed E-state index contributed by atoms with van der Waals surface area (Å²) in [5.41, 5.74) is 3.51. The molecule has 1 heterocycles. The normalized spacial score (nSPS) is 16.8. The number of anilines is 1. The van der Waals surface area contributed by atoms with E-state index in [9.17, 15) is 0 Å². The highest BCUT2D eigenvalue weighted by molar-refractivity contribution is 6.33. The monoisotopic (exact) mass is 273 g/mol. The van der Waals surface area contributed by atoms with Crippen LogP contribution in [0.25, 0.3) is 0 Å². The molecule has 3 rings (SSSR count). The number of rotatable bonds is 3. The molecule has 0 spiro atoms. The summed E-state index contributed by atoms with van der Waals surface area (Å²) in [4.78, 5) is 0. The third-order valence-corrected chi connectivity index (χ3v) is 3.65. The van der Waals surface area contributed by atoms with Gasteiger partial charge >= 0.3 is 0 Å². The smallest absolute Gasteiger partial charge is 0.123 e. The van der Waals surface area contributed by atoms with Crippen LogP contribution in [0.1, 0.15) is 18.1 Å². The van der Waals surface area contributed by atoms with Crippen molar-refractivity contribution in [1.29, 1.82) is 0 Å². The molecule has 0 bridgehead atoms. The van der Waals surface area contributed by atoms with Crippen LogP contribution < -0.4 is 10.1 Å². The van der Waals surface area contributed by atoms with Gasteiger partial charge in [0, 0.05) is 13.0 Å². The van der Waals surface area contributed by atoms with E-state index in [4.69, 9.17) is 16.3 Å². The molecule has 19 heavy (non-hydrogen) atoms. The molecule has 0 radical (unpaired) electrons. The fourth-order valence-corrected chi connectivity index (χ4v) is 2.59. The third-order valence-electron chi connectivity index (χ3n) is 3.32. The average Bonchev–Trinajstić information content (AvgIpc) is 2.77. The van der Waals surface area contributed by atoms with Crippen molar-refractivity contribution in [2.45, 2.75) is 26.0 Å². The van der Waals surface area contributed by atoms with Crippen LogP contribution in [0.4, 0.5) is 5.69 Å². The molecule has 0 fully saturated rings. The first-order valence-electron chi connectivity index (χ1n) is 6.49. The molecule has 0 aliphatic carbocycles. The lowest BCUT2D eigenvalue weighted by atomic mass is 10.1. The summed E-state index contributed by atoms with van der Waals surface area (Å²) in [5.74, 6) is 1.02. The second kappa shape index (κ2) is 5.14. The van der Waals surface area contributed by atoms with Gasteiger partial charge in [-0.15, -0.1) is 0 Å². The van der Waals surface area contributed by atoms with Gasteiger partial charge in [0.1, 0.15) is 11.9 Å². The van der Waals surface area contributed by atoms with Crippen LogP contribution in [-0.4, -0.2) is 6.10 Å². The van der Waals surface area contributed by atoms with Crippen LogP contribution in [-0.2, 0) is 13.0 Å². The third kappa shape index (κ3) is 2.69. The first-order chi connectivity index (χ1) is 9.22. The Kier molecular flexibility index (Phi) is 3.34. The molecule has 3 heteroatoms. The SMILES string of the molecule is C[C@H]1Cc2cc(CNc3ccccc3Cl)ccc2O1. The van der Waals surface area contributed by atoms with E-state index in [1.54, 1.807) is 0 Å². The van der Waals surface area contributed by atoms with Gasteiger partial charge in [-0.3, -0.25) is 0 Å². The summed E-state index contributed by atoms with van der Waals surface area (Å²) < 4.78 is 5.70. The fraction of sp³-hybridized carbons (Fsp3) is 0.250. The van der Waals surface area contributed by atoms with Crippen molar-refractivity contribution >= 4 is 17.3 Å². The number of hydrogen-bond donors (Lipinski definition) is 1. The van der Waals surface area contributed by atoms with Gasteiger partial charge in [-0.1, -0.05) is 35.9 Å². The zero-order valence-corrected chi connectivity index (χ0v) is 11.6. The van der Waals surface area contributed by atoms with Gasteiger partial charge in [0.05, 0.1) is 10.7 Å². The van der Waals surface area contributed by atoms with E-state index in [1.165, 1.54) is 11.1 Å². The Labute approximate surface area is 118 Å². The maximum Gasteiger partial charge on any atom is 0.123 e. The van der Waals surface area contributed by atoms with E-state index in [-0.39, 0.29) is 0 Å². The molecule has 0 amide bonds. The molecule has 0 aromatic heterocycles. The summed E-state index contributed by atoms with van der Waals surface area (Å²) in [7, 11) is 0. The van der Waals surface area contributed by atoms with Crippen molar-refractivity contribution in [1.82, 2.24) is 0 Å². The second-order valence-electron chi connectivity index (χ2n) is 4.91. The van der Waals surface area contributed by atoms with Crippen LogP contribution in [0.15, 0.2) is 42.5 Å². The van der Waals surface area contributed by atoms with Crippen LogP contribution in [0.2, 0.25) is 5.02 Å². The molecule has 0 unspecified atom stereocenters. The molecular weight excluding hydrogens is 258 g/mol. The molecule has 98 valence electrons. The molecule has 2 nitrogen and oxygen atoms in total. The van der Waals surface area contributed by atoms with Crippen LogP contribution in [0.3, 0.4) is 0 Å². The summed E-state index contributed by atoms with van der Waals surface area (Å²) in [5, 5.41) is 4.11. The van der Waals surface area contributed by atoms with Gasteiger partial charge in [-0.2, -0.15) is 0 Å². The van der Waals surface area contributed by atoms with E-state index >= 15 is 0 Å². The van der Waals surface area contributed by atoms with Gasteiger partial charge in [0.2, 0.25) is 0 Å². The van der Waals surface area contributed by atoms with Crippen LogP contribution >= 0.6 is 11.6 Å². The highest BCUT2D eigenvalue weighted by Crippen LogP contribution is 2.30. The fourth-order valence-electron chi connectivity index (χ4n) is 2.39. The maximum absolute atomic E-state index is 6.12. The maximum atomic E-state index is 6.12. The molecule has 2 aromatic carbocycles. The number of nitrogens with one attached hydrogen (secondary N) is 1. The Morgan fingerprint density at radius 3 is 2.95 bits per heavy atom. The van der Waals surface area contributed by atoms with E-state index in [0.29, 0.717) is 6.10 Å². The summed E-state index contributed by atoms with van der Waals surface area (Å²) >= 11 is 6.12. The molecule has 0 saturated heterocycles. The average molecular weight is 274 g/mol. The van der Waals surface area contributed by atoms with Crippen molar-refractivity contribution < 1.29 is 4.74 Å². The van der Waals surface area contributed by atoms with Crippen LogP contribution in [0.5, 0.6) is 5.75 Å². The number of hydrogen-bond acceptors (Lipinski definition) is 2. The van der Waals surface area contributed by atoms with Gasteiger partial charge in [0.25, 0.3) is 0 Å². The Morgan fingerprint density at radius 2 is 2.11 bits per heavy atom. The summed E-state index contributed by atoms with van der Waals surface area (Å²) in [6.07, 6.45) is 1.29. The Bertz CT molecular complexity index is 597. The minimum Gasteiger partial charge on any atom is -0.490 e. The molecule has 1 aliphatic rings. The standard InChI is InChI=1S/C16H16ClNO/c1-11-8-13-9-12(6-7-16(13)19-11)10-18-15-5-3-2-4-14(15)17/h2-7,9,11,18H,8,10H2,1H3/t11-/m0/s1. The van der Waals surface area contributed by atoms with Crippen molar-refractivity contribution in [3.8, 4) is 5.75 Å². The predicted molar refractivity (Wildman–Crippen MR) is 79.0 cm³/mol. The quantitative estimate of drug-likeness (QED) is 0.901. The predicted octanol–water partition coefficient (Wildman–Crippen LogP) is 4.28. The van der Waals surface area contributed by atoms with Gasteiger partial charge < -0.3 is 10.1 Å². The van der Waals surface area contributed by atoms with Crippen molar-refractivity contribution in [3.05, 3.63) is 58.6 Å². The first kappa shape index (κ1) is 12.4. The minimum atomic E-state index is 0.293. The van der Waals surface area contributed by atoms with Crippen molar-refractivity contribution in [3.63, 3.8) is 0 Å². The molecule has 1 atom stereocenters. The number of ether oxygens (including phenoxy) is 1. The lowest BCUT2D eigenvalue weighted by molar-refractivity contribution is 0.254. The summed E-state index contributed by atoms with van der Waals surface area (Å²) in [6, 6.07) is 14.2. The van der Waals surface area contributed by atoms with Crippen LogP contribution in [0, 0.1) is 0 Å². The molecule has 1 N–H and O–H groups in total. The molecule has 1 aliphatic heterocycles. The lowest BCUT2D eigenvalue weighted by Gasteiger charge is -2.09. The topological polar surface area (TPSA) is 21.3 Å². The van der Waals surface area contributed by atoms with Gasteiger partial charge in [-0.25, -0.2) is 0 Å². The minimum absolute atomic E-state index is 0.293. The molecule has 0 saturated carbocycles. The summed E-state index contributed by atoms with van der Waals surface area (Å²) in [6.45, 7) is 2.87. The zero-order valence-electron chi connectivity index (χ0n) is 10.8. The number of benzene rings is 2. The van der Waals surface area contributed by atoms with Crippen molar-refractivity contribution in [2.24, 2.45) is 0 Å². The van der Waals surface area contributed by atoms with Crippen molar-refractivity contribution in [2.75, 3.05) is 5.32 Å². The molecular formula is C16H16ClNO. The van der Waals surface area contributed by atoms with Gasteiger partial charge in [-0.05, 0) is 36.2 Å². The van der Waals surface area contributed by atoms with E-state index in [0.717, 1.165) is 29.4 Å². The Morgan fingerprint density at radius 1 is 1.26 bits per heavy atom. The lowest BCUT2D eigenvalue weighted by Crippen LogP contribution is -2.05. The highest BCUT2D eigenvalue weighted by Gasteiger charge is 2.18. The molecule has 2 aromatic rings. The zero-order chi connectivity index (χ0) is 13.2. The van der Waals surface area contributed by atoms with E-state index in [1.807, 2.05) is 24.3 Å². The second-order valence-corrected chi connectivity index (χ2v) is 5.32. The first-order valence-corrected chi connectivity index (χ1v) is 6.87. The van der Waals surface area contributed by atoms with Gasteiger partial charge in [0.15, 0.2) is 0 Å². The van der Waals surface area contributed by atoms with E-state index < -0.39 is 0 Å². The number of fused-ring (bicyclic) bond motifs is 1. The number of para-hydroxylation sites is 1. The van der Waals surface area contributed by atoms with E-state index in [2.05, 4.69) is 30.4 Å². The Hall–Kier alpha value is -1.67.